The van der Waals surface area contributed by atoms with Crippen LogP contribution in [0.5, 0.6) is 0 Å². The number of rotatable bonds is 4. The molecule has 0 saturated carbocycles. The molecule has 24 heavy (non-hydrogen) atoms. The maximum Gasteiger partial charge on any atom is 0.113 e. The molecule has 0 aliphatic rings. The monoisotopic (exact) mass is 320 g/mol. The molecule has 0 bridgehead atoms. The van der Waals surface area contributed by atoms with Gasteiger partial charge in [-0.05, 0) is 57.0 Å². The highest BCUT2D eigenvalue weighted by Gasteiger charge is 2.13. The van der Waals surface area contributed by atoms with Gasteiger partial charge in [-0.2, -0.15) is 15.0 Å². The molecule has 0 aliphatic heterocycles. The van der Waals surface area contributed by atoms with Gasteiger partial charge in [0.1, 0.15) is 16.6 Å². The van der Waals surface area contributed by atoms with Gasteiger partial charge in [-0.3, -0.25) is 0 Å². The molecular weight excluding hydrogens is 300 g/mol. The molecule has 4 aromatic rings. The van der Waals surface area contributed by atoms with Gasteiger partial charge in [-0.15, -0.1) is 5.10 Å². The number of hydrogen-bond acceptors (Lipinski definition) is 4. The fraction of sp³-hybridized carbons (Fsp3) is 0.333. The summed E-state index contributed by atoms with van der Waals surface area (Å²) in [5.74, 6) is 0. The number of fused-ring (bicyclic) bond motifs is 2. The van der Waals surface area contributed by atoms with E-state index in [-0.39, 0.29) is 12.1 Å². The predicted molar refractivity (Wildman–Crippen MR) is 93.9 cm³/mol. The summed E-state index contributed by atoms with van der Waals surface area (Å²) < 4.78 is 1.99. The van der Waals surface area contributed by atoms with Crippen LogP contribution in [0.1, 0.15) is 38.4 Å². The van der Waals surface area contributed by atoms with Gasteiger partial charge in [0.15, 0.2) is 0 Å². The Labute approximate surface area is 140 Å². The second-order valence-electron chi connectivity index (χ2n) is 6.51. The molecule has 0 fully saturated rings. The smallest absolute Gasteiger partial charge is 0.113 e. The summed E-state index contributed by atoms with van der Waals surface area (Å²) in [6.45, 7) is 6.33. The summed E-state index contributed by atoms with van der Waals surface area (Å²) in [7, 11) is 0. The van der Waals surface area contributed by atoms with Crippen molar-refractivity contribution in [2.75, 3.05) is 0 Å². The summed E-state index contributed by atoms with van der Waals surface area (Å²) in [6, 6.07) is 14.8. The molecule has 2 heterocycles. The Hall–Kier alpha value is -2.76. The molecule has 2 aromatic heterocycles. The van der Waals surface area contributed by atoms with E-state index < -0.39 is 0 Å². The number of hydrogen-bond donors (Lipinski definition) is 0. The lowest BCUT2D eigenvalue weighted by Crippen LogP contribution is -2.10. The first kappa shape index (κ1) is 14.8. The second-order valence-corrected chi connectivity index (χ2v) is 6.51. The molecule has 122 valence electrons. The molecule has 0 N–H and O–H groups in total. The van der Waals surface area contributed by atoms with Crippen LogP contribution in [-0.4, -0.2) is 30.0 Å². The fourth-order valence-electron chi connectivity index (χ4n) is 2.97. The highest BCUT2D eigenvalue weighted by Crippen LogP contribution is 2.21. The van der Waals surface area contributed by atoms with Crippen molar-refractivity contribution in [2.24, 2.45) is 0 Å². The minimum absolute atomic E-state index is 0.218. The Morgan fingerprint density at radius 2 is 1.71 bits per heavy atom. The van der Waals surface area contributed by atoms with E-state index in [0.717, 1.165) is 28.5 Å². The number of para-hydroxylation sites is 1. The van der Waals surface area contributed by atoms with Gasteiger partial charge < -0.3 is 0 Å². The first-order valence-electron chi connectivity index (χ1n) is 8.27. The average Bonchev–Trinajstić information content (AvgIpc) is 3.18. The average molecular weight is 320 g/mol. The van der Waals surface area contributed by atoms with Crippen LogP contribution < -0.4 is 0 Å². The van der Waals surface area contributed by atoms with Crippen LogP contribution in [0.3, 0.4) is 0 Å². The highest BCUT2D eigenvalue weighted by atomic mass is 15.5. The minimum Gasteiger partial charge on any atom is -0.242 e. The van der Waals surface area contributed by atoms with Gasteiger partial charge in [0.05, 0.1) is 17.6 Å². The van der Waals surface area contributed by atoms with Crippen molar-refractivity contribution in [3.8, 4) is 0 Å². The fourth-order valence-corrected chi connectivity index (χ4v) is 2.97. The van der Waals surface area contributed by atoms with Crippen molar-refractivity contribution in [2.45, 2.75) is 39.3 Å². The zero-order chi connectivity index (χ0) is 16.7. The van der Waals surface area contributed by atoms with Crippen LogP contribution in [0.2, 0.25) is 0 Å². The van der Waals surface area contributed by atoms with Crippen molar-refractivity contribution in [3.05, 3.63) is 48.0 Å². The van der Waals surface area contributed by atoms with Crippen LogP contribution in [0.4, 0.5) is 0 Å². The van der Waals surface area contributed by atoms with Crippen molar-refractivity contribution in [1.29, 1.82) is 0 Å². The topological polar surface area (TPSA) is 61.4 Å². The zero-order valence-corrected chi connectivity index (χ0v) is 14.1. The number of aromatic nitrogens is 6. The van der Waals surface area contributed by atoms with E-state index in [4.69, 9.17) is 0 Å². The zero-order valence-electron chi connectivity index (χ0n) is 14.1. The lowest BCUT2D eigenvalue weighted by molar-refractivity contribution is 0.472. The maximum absolute atomic E-state index is 4.56. The molecule has 0 amide bonds. The van der Waals surface area contributed by atoms with E-state index in [1.165, 1.54) is 5.56 Å². The summed E-state index contributed by atoms with van der Waals surface area (Å²) in [5.41, 5.74) is 5.10. The van der Waals surface area contributed by atoms with E-state index in [2.05, 4.69) is 59.5 Å². The molecule has 2 aromatic carbocycles. The third-order valence-corrected chi connectivity index (χ3v) is 4.25. The van der Waals surface area contributed by atoms with Gasteiger partial charge in [0.25, 0.3) is 0 Å². The van der Waals surface area contributed by atoms with Gasteiger partial charge in [-0.25, -0.2) is 4.68 Å². The molecule has 1 unspecified atom stereocenters. The Morgan fingerprint density at radius 1 is 0.917 bits per heavy atom. The Bertz CT molecular complexity index is 997. The lowest BCUT2D eigenvalue weighted by Gasteiger charge is -2.12. The Morgan fingerprint density at radius 3 is 2.54 bits per heavy atom. The summed E-state index contributed by atoms with van der Waals surface area (Å²) in [5, 5.41) is 17.6. The third-order valence-electron chi connectivity index (χ3n) is 4.25. The molecule has 6 nitrogen and oxygen atoms in total. The Balaban J connectivity index is 1.63. The van der Waals surface area contributed by atoms with Crippen LogP contribution in [-0.2, 0) is 6.42 Å². The molecule has 1 atom stereocenters. The maximum atomic E-state index is 4.56. The first-order chi connectivity index (χ1) is 11.6. The minimum atomic E-state index is 0.218. The van der Waals surface area contributed by atoms with Crippen LogP contribution in [0, 0.1) is 0 Å². The second kappa shape index (κ2) is 5.70. The molecule has 0 aliphatic carbocycles. The first-order valence-corrected chi connectivity index (χ1v) is 8.27. The summed E-state index contributed by atoms with van der Waals surface area (Å²) in [4.78, 5) is 1.77. The van der Waals surface area contributed by atoms with E-state index in [1.54, 1.807) is 4.80 Å². The van der Waals surface area contributed by atoms with Crippen molar-refractivity contribution in [3.63, 3.8) is 0 Å². The normalized spacial score (nSPS) is 13.2. The van der Waals surface area contributed by atoms with Gasteiger partial charge >= 0.3 is 0 Å². The van der Waals surface area contributed by atoms with E-state index in [0.29, 0.717) is 0 Å². The standard InChI is InChI=1S/C18H20N6/c1-12(2)24-20-15-9-8-14(11-17(15)21-24)10-13(3)23-18-7-5-4-6-16(18)19-22-23/h4-9,11-13H,10H2,1-3H3. The van der Waals surface area contributed by atoms with Gasteiger partial charge in [0.2, 0.25) is 0 Å². The predicted octanol–water partition coefficient (Wildman–Crippen LogP) is 3.56. The number of benzene rings is 2. The largest absolute Gasteiger partial charge is 0.242 e. The molecule has 0 saturated heterocycles. The van der Waals surface area contributed by atoms with Crippen LogP contribution >= 0.6 is 0 Å². The SMILES string of the molecule is CC(C)n1nc2ccc(CC(C)n3nnc4ccccc43)cc2n1. The van der Waals surface area contributed by atoms with Gasteiger partial charge in [-0.1, -0.05) is 23.4 Å². The molecule has 0 spiro atoms. The van der Waals surface area contributed by atoms with Gasteiger partial charge in [0, 0.05) is 0 Å². The molecule has 6 heteroatoms. The lowest BCUT2D eigenvalue weighted by atomic mass is 10.1. The van der Waals surface area contributed by atoms with E-state index in [1.807, 2.05) is 28.9 Å². The number of nitrogens with zero attached hydrogens (tertiary/aromatic N) is 6. The highest BCUT2D eigenvalue weighted by molar-refractivity contribution is 5.75. The van der Waals surface area contributed by atoms with Crippen LogP contribution in [0.15, 0.2) is 42.5 Å². The molecule has 4 rings (SSSR count). The third kappa shape index (κ3) is 2.54. The van der Waals surface area contributed by atoms with Crippen molar-refractivity contribution in [1.82, 2.24) is 30.0 Å². The van der Waals surface area contributed by atoms with E-state index >= 15 is 0 Å². The summed E-state index contributed by atoms with van der Waals surface area (Å²) in [6.07, 6.45) is 0.873. The Kier molecular flexibility index (Phi) is 3.52. The van der Waals surface area contributed by atoms with Crippen molar-refractivity contribution < 1.29 is 0 Å². The van der Waals surface area contributed by atoms with Crippen LogP contribution in [0.25, 0.3) is 22.1 Å². The van der Waals surface area contributed by atoms with E-state index in [9.17, 15) is 0 Å². The summed E-state index contributed by atoms with van der Waals surface area (Å²) >= 11 is 0. The quantitative estimate of drug-likeness (QED) is 0.577. The molecular formula is C18H20N6. The molecule has 0 radical (unpaired) electrons. The van der Waals surface area contributed by atoms with Crippen molar-refractivity contribution >= 4 is 22.1 Å².